The van der Waals surface area contributed by atoms with Crippen LogP contribution in [0, 0.1) is 0 Å². The number of benzene rings is 3. The highest BCUT2D eigenvalue weighted by atomic mass is 16.3. The molecule has 1 fully saturated rings. The molecule has 4 rings (SSSR count). The molecule has 8 heteroatoms. The van der Waals surface area contributed by atoms with Crippen molar-refractivity contribution in [1.29, 1.82) is 0 Å². The summed E-state index contributed by atoms with van der Waals surface area (Å²) < 4.78 is 0. The Morgan fingerprint density at radius 1 is 1.00 bits per heavy atom. The second-order valence-electron chi connectivity index (χ2n) is 9.94. The lowest BCUT2D eigenvalue weighted by Crippen LogP contribution is -2.53. The van der Waals surface area contributed by atoms with Gasteiger partial charge < -0.3 is 30.9 Å². The molecule has 3 aromatic rings. The number of aliphatic hydroxyl groups excluding tert-OH is 1. The maximum atomic E-state index is 13.2. The average Bonchev–Trinajstić information content (AvgIpc) is 3.29. The van der Waals surface area contributed by atoms with E-state index in [0.29, 0.717) is 26.1 Å². The van der Waals surface area contributed by atoms with Gasteiger partial charge in [-0.2, -0.15) is 0 Å². The maximum Gasteiger partial charge on any atom is 0.318 e. The first-order valence-corrected chi connectivity index (χ1v) is 13.0. The predicted octanol–water partition coefficient (Wildman–Crippen LogP) is 2.52. The summed E-state index contributed by atoms with van der Waals surface area (Å²) in [5.41, 5.74) is 4.23. The van der Waals surface area contributed by atoms with Crippen molar-refractivity contribution in [2.45, 2.75) is 37.7 Å². The molecule has 0 radical (unpaired) electrons. The Hall–Kier alpha value is -3.88. The van der Waals surface area contributed by atoms with Crippen LogP contribution in [0.1, 0.15) is 16.7 Å². The molecule has 0 spiro atoms. The molecule has 1 aliphatic heterocycles. The van der Waals surface area contributed by atoms with Crippen molar-refractivity contribution >= 4 is 17.6 Å². The third kappa shape index (κ3) is 7.57. The summed E-state index contributed by atoms with van der Waals surface area (Å²) >= 11 is 0. The van der Waals surface area contributed by atoms with Gasteiger partial charge >= 0.3 is 6.03 Å². The van der Waals surface area contributed by atoms with Crippen LogP contribution in [0.5, 0.6) is 0 Å². The molecule has 38 heavy (non-hydrogen) atoms. The van der Waals surface area contributed by atoms with Gasteiger partial charge in [-0.3, -0.25) is 4.79 Å². The highest BCUT2D eigenvalue weighted by Gasteiger charge is 2.35. The van der Waals surface area contributed by atoms with E-state index in [1.165, 1.54) is 0 Å². The number of hydrogen-bond donors (Lipinski definition) is 4. The summed E-state index contributed by atoms with van der Waals surface area (Å²) in [4.78, 5) is 29.4. The molecule has 0 aromatic heterocycles. The summed E-state index contributed by atoms with van der Waals surface area (Å²) in [5.74, 6) is -0.299. The molecule has 3 atom stereocenters. The highest BCUT2D eigenvalue weighted by molar-refractivity contribution is 5.90. The SMILES string of the molecule is CN(C)c1cccc(CNC[C@@H](O)[C@H](Cc2ccccc2)NC(=O)[C@@H]2CN(Cc3ccccc3)C(=O)N2)c1. The summed E-state index contributed by atoms with van der Waals surface area (Å²) in [6.07, 6.45) is -0.353. The number of hydrogen-bond acceptors (Lipinski definition) is 5. The third-order valence-corrected chi connectivity index (χ3v) is 6.72. The Kier molecular flexibility index (Phi) is 9.35. The quantitative estimate of drug-likeness (QED) is 0.297. The van der Waals surface area contributed by atoms with Crippen molar-refractivity contribution in [1.82, 2.24) is 20.9 Å². The average molecular weight is 516 g/mol. The van der Waals surface area contributed by atoms with Gasteiger partial charge in [-0.1, -0.05) is 72.8 Å². The van der Waals surface area contributed by atoms with Crippen molar-refractivity contribution in [3.63, 3.8) is 0 Å². The second kappa shape index (κ2) is 13.1. The zero-order valence-corrected chi connectivity index (χ0v) is 22.0. The molecule has 1 aliphatic rings. The number of nitrogens with zero attached hydrogens (tertiary/aromatic N) is 2. The van der Waals surface area contributed by atoms with Gasteiger partial charge in [-0.05, 0) is 35.2 Å². The van der Waals surface area contributed by atoms with E-state index in [2.05, 4.69) is 22.0 Å². The zero-order chi connectivity index (χ0) is 26.9. The van der Waals surface area contributed by atoms with Gasteiger partial charge in [0.05, 0.1) is 18.7 Å². The van der Waals surface area contributed by atoms with Gasteiger partial charge in [0.15, 0.2) is 0 Å². The van der Waals surface area contributed by atoms with Crippen LogP contribution in [0.4, 0.5) is 10.5 Å². The molecule has 1 saturated heterocycles. The second-order valence-corrected chi connectivity index (χ2v) is 9.94. The normalized spacial score (nSPS) is 16.6. The number of carbonyl (C=O) groups excluding carboxylic acids is 2. The predicted molar refractivity (Wildman–Crippen MR) is 150 cm³/mol. The van der Waals surface area contributed by atoms with E-state index < -0.39 is 18.2 Å². The van der Waals surface area contributed by atoms with Gasteiger partial charge in [0, 0.05) is 39.4 Å². The molecule has 3 aromatic carbocycles. The summed E-state index contributed by atoms with van der Waals surface area (Å²) in [7, 11) is 4.00. The molecule has 200 valence electrons. The first kappa shape index (κ1) is 27.2. The lowest BCUT2D eigenvalue weighted by molar-refractivity contribution is -0.124. The van der Waals surface area contributed by atoms with E-state index in [-0.39, 0.29) is 18.5 Å². The largest absolute Gasteiger partial charge is 0.390 e. The van der Waals surface area contributed by atoms with E-state index >= 15 is 0 Å². The van der Waals surface area contributed by atoms with E-state index in [4.69, 9.17) is 0 Å². The smallest absolute Gasteiger partial charge is 0.318 e. The van der Waals surface area contributed by atoms with Crippen molar-refractivity contribution in [3.8, 4) is 0 Å². The number of nitrogens with one attached hydrogen (secondary N) is 3. The molecule has 0 saturated carbocycles. The number of urea groups is 1. The van der Waals surface area contributed by atoms with Crippen LogP contribution in [-0.4, -0.2) is 67.3 Å². The Bertz CT molecular complexity index is 1190. The fourth-order valence-electron chi connectivity index (χ4n) is 4.56. The van der Waals surface area contributed by atoms with E-state index in [9.17, 15) is 14.7 Å². The molecule has 0 bridgehead atoms. The van der Waals surface area contributed by atoms with Crippen molar-refractivity contribution in [3.05, 3.63) is 102 Å². The van der Waals surface area contributed by atoms with Crippen molar-refractivity contribution in [2.75, 3.05) is 32.1 Å². The molecule has 0 unspecified atom stereocenters. The van der Waals surface area contributed by atoms with E-state index in [0.717, 1.165) is 22.4 Å². The van der Waals surface area contributed by atoms with Crippen LogP contribution in [0.25, 0.3) is 0 Å². The molecular formula is C30H37N5O3. The first-order valence-electron chi connectivity index (χ1n) is 13.0. The maximum absolute atomic E-state index is 13.2. The summed E-state index contributed by atoms with van der Waals surface area (Å²) in [5, 5.41) is 20.2. The molecule has 1 heterocycles. The standard InChI is InChI=1S/C30H37N5O3/c1-34(2)25-15-9-14-24(16-25)18-31-19-28(36)26(17-22-10-5-3-6-11-22)32-29(37)27-21-35(30(38)33-27)20-23-12-7-4-8-13-23/h3-16,26-28,31,36H,17-21H2,1-2H3,(H,32,37)(H,33,38)/t26-,27-,28+/m0/s1. The minimum absolute atomic E-state index is 0.268. The molecule has 8 nitrogen and oxygen atoms in total. The van der Waals surface area contributed by atoms with Gasteiger partial charge in [-0.25, -0.2) is 4.79 Å². The number of aliphatic hydroxyl groups is 1. The van der Waals surface area contributed by atoms with Gasteiger partial charge in [0.1, 0.15) is 6.04 Å². The molecule has 3 amide bonds. The fraction of sp³-hybridized carbons (Fsp3) is 0.333. The molecule has 4 N–H and O–H groups in total. The number of amides is 3. The number of carbonyl (C=O) groups is 2. The minimum Gasteiger partial charge on any atom is -0.390 e. The van der Waals surface area contributed by atoms with Crippen molar-refractivity contribution in [2.24, 2.45) is 0 Å². The lowest BCUT2D eigenvalue weighted by atomic mass is 10.0. The topological polar surface area (TPSA) is 96.9 Å². The van der Waals surface area contributed by atoms with E-state index in [1.807, 2.05) is 97.9 Å². The fourth-order valence-corrected chi connectivity index (χ4v) is 4.56. The minimum atomic E-state index is -0.825. The van der Waals surface area contributed by atoms with Crippen LogP contribution in [0.15, 0.2) is 84.9 Å². The Morgan fingerprint density at radius 2 is 1.66 bits per heavy atom. The Balaban J connectivity index is 1.36. The van der Waals surface area contributed by atoms with Gasteiger partial charge in [0.25, 0.3) is 0 Å². The van der Waals surface area contributed by atoms with Crippen LogP contribution >= 0.6 is 0 Å². The number of rotatable bonds is 12. The van der Waals surface area contributed by atoms with E-state index in [1.54, 1.807) is 4.90 Å². The molecule has 0 aliphatic carbocycles. The van der Waals surface area contributed by atoms with Gasteiger partial charge in [0.2, 0.25) is 5.91 Å². The van der Waals surface area contributed by atoms with Crippen LogP contribution < -0.4 is 20.9 Å². The monoisotopic (exact) mass is 515 g/mol. The summed E-state index contributed by atoms with van der Waals surface area (Å²) in [6.45, 7) is 1.61. The van der Waals surface area contributed by atoms with Gasteiger partial charge in [-0.15, -0.1) is 0 Å². The van der Waals surface area contributed by atoms with Crippen molar-refractivity contribution < 1.29 is 14.7 Å². The highest BCUT2D eigenvalue weighted by Crippen LogP contribution is 2.14. The Labute approximate surface area is 224 Å². The number of anilines is 1. The molecular weight excluding hydrogens is 478 g/mol. The third-order valence-electron chi connectivity index (χ3n) is 6.72. The zero-order valence-electron chi connectivity index (χ0n) is 22.0. The van der Waals surface area contributed by atoms with Crippen LogP contribution in [0.3, 0.4) is 0 Å². The summed E-state index contributed by atoms with van der Waals surface area (Å²) in [6, 6.07) is 26.2. The first-order chi connectivity index (χ1) is 18.4. The Morgan fingerprint density at radius 3 is 2.34 bits per heavy atom. The lowest BCUT2D eigenvalue weighted by Gasteiger charge is -2.26. The van der Waals surface area contributed by atoms with Crippen LogP contribution in [-0.2, 0) is 24.3 Å². The van der Waals surface area contributed by atoms with Crippen LogP contribution in [0.2, 0.25) is 0 Å².